The van der Waals surface area contributed by atoms with Crippen molar-refractivity contribution in [2.24, 2.45) is 10.2 Å². The highest BCUT2D eigenvalue weighted by Crippen LogP contribution is 2.23. The Bertz CT molecular complexity index is 940. The van der Waals surface area contributed by atoms with Crippen LogP contribution < -0.4 is 10.6 Å². The number of amides is 2. The SMILES string of the molecule is CC(=O)c1ccc(NC(=O)CC2SC(=NN=Cc3ccccc3)NC2=O)cc1. The van der Waals surface area contributed by atoms with Gasteiger partial charge in [0.25, 0.3) is 0 Å². The molecule has 2 aromatic carbocycles. The van der Waals surface area contributed by atoms with Gasteiger partial charge in [-0.25, -0.2) is 0 Å². The van der Waals surface area contributed by atoms with E-state index in [-0.39, 0.29) is 24.0 Å². The molecular weight excluding hydrogens is 376 g/mol. The monoisotopic (exact) mass is 394 g/mol. The number of Topliss-reactive ketones (excluding diaryl/α,β-unsaturated/α-hetero) is 1. The number of thioether (sulfide) groups is 1. The predicted octanol–water partition coefficient (Wildman–Crippen LogP) is 2.84. The van der Waals surface area contributed by atoms with Gasteiger partial charge < -0.3 is 10.6 Å². The molecule has 0 aromatic heterocycles. The molecule has 1 aliphatic rings. The maximum atomic E-state index is 12.2. The summed E-state index contributed by atoms with van der Waals surface area (Å²) >= 11 is 1.17. The van der Waals surface area contributed by atoms with Crippen LogP contribution in [0.5, 0.6) is 0 Å². The molecule has 1 heterocycles. The molecule has 8 heteroatoms. The predicted molar refractivity (Wildman–Crippen MR) is 111 cm³/mol. The zero-order valence-electron chi connectivity index (χ0n) is 15.1. The van der Waals surface area contributed by atoms with Gasteiger partial charge in [0.05, 0.1) is 6.21 Å². The number of ketones is 1. The van der Waals surface area contributed by atoms with E-state index in [0.717, 1.165) is 5.56 Å². The minimum absolute atomic E-state index is 0.00633. The van der Waals surface area contributed by atoms with Gasteiger partial charge >= 0.3 is 0 Å². The minimum atomic E-state index is -0.567. The summed E-state index contributed by atoms with van der Waals surface area (Å²) in [5.74, 6) is -0.614. The molecule has 2 amide bonds. The van der Waals surface area contributed by atoms with Gasteiger partial charge in [-0.3, -0.25) is 14.4 Å². The van der Waals surface area contributed by atoms with Crippen LogP contribution in [0.15, 0.2) is 64.8 Å². The Kier molecular flexibility index (Phi) is 6.33. The molecule has 2 aromatic rings. The highest BCUT2D eigenvalue weighted by Gasteiger charge is 2.32. The Labute approximate surface area is 166 Å². The average molecular weight is 394 g/mol. The fourth-order valence-corrected chi connectivity index (χ4v) is 3.37. The third-order valence-corrected chi connectivity index (χ3v) is 4.95. The largest absolute Gasteiger partial charge is 0.326 e. The number of nitrogens with zero attached hydrogens (tertiary/aromatic N) is 2. The van der Waals surface area contributed by atoms with Gasteiger partial charge in [-0.15, -0.1) is 5.10 Å². The Morgan fingerprint density at radius 3 is 2.54 bits per heavy atom. The van der Waals surface area contributed by atoms with Crippen molar-refractivity contribution in [2.45, 2.75) is 18.6 Å². The van der Waals surface area contributed by atoms with Gasteiger partial charge in [0.15, 0.2) is 11.0 Å². The number of carbonyl (C=O) groups is 3. The van der Waals surface area contributed by atoms with Gasteiger partial charge in [0, 0.05) is 17.7 Å². The van der Waals surface area contributed by atoms with Crippen LogP contribution >= 0.6 is 11.8 Å². The van der Waals surface area contributed by atoms with Crippen LogP contribution in [0.2, 0.25) is 0 Å². The first kappa shape index (κ1) is 19.5. The number of hydrogen-bond donors (Lipinski definition) is 2. The standard InChI is InChI=1S/C20H18N4O3S/c1-13(25)15-7-9-16(10-8-15)22-18(26)11-17-19(27)23-20(28-17)24-21-12-14-5-3-2-4-6-14/h2-10,12,17H,11H2,1H3,(H,22,26)(H,23,24,27). The number of amidine groups is 1. The van der Waals surface area contributed by atoms with E-state index in [2.05, 4.69) is 20.8 Å². The Hall–Kier alpha value is -3.26. The Balaban J connectivity index is 1.53. The summed E-state index contributed by atoms with van der Waals surface area (Å²) in [5.41, 5.74) is 2.04. The summed E-state index contributed by atoms with van der Waals surface area (Å²) in [4.78, 5) is 35.5. The average Bonchev–Trinajstić information content (AvgIpc) is 3.02. The lowest BCUT2D eigenvalue weighted by molar-refractivity contribution is -0.122. The third-order valence-electron chi connectivity index (χ3n) is 3.88. The van der Waals surface area contributed by atoms with E-state index in [4.69, 9.17) is 0 Å². The summed E-state index contributed by atoms with van der Waals surface area (Å²) in [6.07, 6.45) is 1.59. The van der Waals surface area contributed by atoms with E-state index < -0.39 is 5.25 Å². The van der Waals surface area contributed by atoms with E-state index in [1.54, 1.807) is 30.5 Å². The van der Waals surface area contributed by atoms with Crippen molar-refractivity contribution in [3.05, 3.63) is 65.7 Å². The second-order valence-electron chi connectivity index (χ2n) is 6.04. The maximum absolute atomic E-state index is 12.2. The lowest BCUT2D eigenvalue weighted by Crippen LogP contribution is -2.28. The van der Waals surface area contributed by atoms with Gasteiger partial charge in [0.1, 0.15) is 5.25 Å². The van der Waals surface area contributed by atoms with Crippen molar-refractivity contribution < 1.29 is 14.4 Å². The maximum Gasteiger partial charge on any atom is 0.240 e. The van der Waals surface area contributed by atoms with Crippen LogP contribution in [0, 0.1) is 0 Å². The first-order chi connectivity index (χ1) is 13.5. The number of hydrogen-bond acceptors (Lipinski definition) is 6. The summed E-state index contributed by atoms with van der Waals surface area (Å²) < 4.78 is 0. The molecule has 1 fully saturated rings. The van der Waals surface area contributed by atoms with Crippen LogP contribution in [0.1, 0.15) is 29.3 Å². The number of nitrogens with one attached hydrogen (secondary N) is 2. The quantitative estimate of drug-likeness (QED) is 0.447. The van der Waals surface area contributed by atoms with Gasteiger partial charge in [-0.1, -0.05) is 42.1 Å². The zero-order chi connectivity index (χ0) is 19.9. The van der Waals surface area contributed by atoms with Crippen molar-refractivity contribution in [2.75, 3.05) is 5.32 Å². The first-order valence-corrected chi connectivity index (χ1v) is 9.43. The van der Waals surface area contributed by atoms with Crippen LogP contribution in [0.4, 0.5) is 5.69 Å². The molecule has 28 heavy (non-hydrogen) atoms. The molecule has 0 radical (unpaired) electrons. The Morgan fingerprint density at radius 1 is 1.14 bits per heavy atom. The summed E-state index contributed by atoms with van der Waals surface area (Å²) in [5, 5.41) is 13.1. The molecule has 2 N–H and O–H groups in total. The lowest BCUT2D eigenvalue weighted by Gasteiger charge is -2.07. The fraction of sp³-hybridized carbons (Fsp3) is 0.150. The summed E-state index contributed by atoms with van der Waals surface area (Å²) in [6.45, 7) is 1.48. The van der Waals surface area contributed by atoms with E-state index in [0.29, 0.717) is 16.4 Å². The molecule has 142 valence electrons. The van der Waals surface area contributed by atoms with E-state index in [1.165, 1.54) is 18.7 Å². The molecule has 3 rings (SSSR count). The fourth-order valence-electron chi connectivity index (χ4n) is 2.44. The van der Waals surface area contributed by atoms with Crippen LogP contribution in [0.25, 0.3) is 0 Å². The number of benzene rings is 2. The molecular formula is C20H18N4O3S. The van der Waals surface area contributed by atoms with E-state index >= 15 is 0 Å². The van der Waals surface area contributed by atoms with Gasteiger partial charge in [-0.2, -0.15) is 5.10 Å². The molecule has 7 nitrogen and oxygen atoms in total. The summed E-state index contributed by atoms with van der Waals surface area (Å²) in [6, 6.07) is 16.1. The molecule has 0 bridgehead atoms. The Morgan fingerprint density at radius 2 is 1.86 bits per heavy atom. The van der Waals surface area contributed by atoms with Crippen molar-refractivity contribution in [1.82, 2.24) is 5.32 Å². The first-order valence-electron chi connectivity index (χ1n) is 8.56. The lowest BCUT2D eigenvalue weighted by atomic mass is 10.1. The van der Waals surface area contributed by atoms with Crippen molar-refractivity contribution in [3.63, 3.8) is 0 Å². The number of carbonyl (C=O) groups excluding carboxylic acids is 3. The second-order valence-corrected chi connectivity index (χ2v) is 7.23. The highest BCUT2D eigenvalue weighted by molar-refractivity contribution is 8.15. The topological polar surface area (TPSA) is 100.0 Å². The smallest absolute Gasteiger partial charge is 0.240 e. The van der Waals surface area contributed by atoms with Crippen LogP contribution in [-0.4, -0.2) is 34.2 Å². The molecule has 1 aliphatic heterocycles. The second kappa shape index (κ2) is 9.09. The number of anilines is 1. The van der Waals surface area contributed by atoms with Gasteiger partial charge in [-0.05, 0) is 36.8 Å². The minimum Gasteiger partial charge on any atom is -0.326 e. The molecule has 1 atom stereocenters. The normalized spacial score (nSPS) is 17.7. The van der Waals surface area contributed by atoms with Crippen molar-refractivity contribution >= 4 is 46.4 Å². The zero-order valence-corrected chi connectivity index (χ0v) is 15.9. The summed E-state index contributed by atoms with van der Waals surface area (Å²) in [7, 11) is 0. The molecule has 1 saturated heterocycles. The van der Waals surface area contributed by atoms with Crippen molar-refractivity contribution in [3.8, 4) is 0 Å². The third kappa shape index (κ3) is 5.37. The van der Waals surface area contributed by atoms with Crippen molar-refractivity contribution in [1.29, 1.82) is 0 Å². The molecule has 0 aliphatic carbocycles. The van der Waals surface area contributed by atoms with Gasteiger partial charge in [0.2, 0.25) is 11.8 Å². The molecule has 0 saturated carbocycles. The number of rotatable bonds is 6. The molecule has 0 spiro atoms. The van der Waals surface area contributed by atoms with E-state index in [9.17, 15) is 14.4 Å². The van der Waals surface area contributed by atoms with E-state index in [1.807, 2.05) is 30.3 Å². The molecule has 1 unspecified atom stereocenters. The highest BCUT2D eigenvalue weighted by atomic mass is 32.2. The van der Waals surface area contributed by atoms with Crippen LogP contribution in [-0.2, 0) is 9.59 Å². The van der Waals surface area contributed by atoms with Crippen LogP contribution in [0.3, 0.4) is 0 Å².